The van der Waals surface area contributed by atoms with Gasteiger partial charge < -0.3 is 15.2 Å². The zero-order valence-corrected chi connectivity index (χ0v) is 12.8. The van der Waals surface area contributed by atoms with E-state index in [2.05, 4.69) is 13.8 Å². The molecule has 20 heavy (non-hydrogen) atoms. The van der Waals surface area contributed by atoms with Crippen LogP contribution in [-0.4, -0.2) is 19.8 Å². The summed E-state index contributed by atoms with van der Waals surface area (Å²) in [7, 11) is 1.68. The van der Waals surface area contributed by atoms with Crippen molar-refractivity contribution in [2.75, 3.05) is 13.7 Å². The summed E-state index contributed by atoms with van der Waals surface area (Å²) in [5.74, 6) is 2.41. The van der Waals surface area contributed by atoms with Crippen LogP contribution in [0.2, 0.25) is 0 Å². The number of nitrogens with two attached hydrogens (primary N) is 1. The minimum absolute atomic E-state index is 0.124. The maximum atomic E-state index is 6.25. The summed E-state index contributed by atoms with van der Waals surface area (Å²) in [4.78, 5) is 0. The number of methoxy groups -OCH3 is 1. The highest BCUT2D eigenvalue weighted by molar-refractivity contribution is 5.35. The van der Waals surface area contributed by atoms with Crippen molar-refractivity contribution in [2.24, 2.45) is 17.6 Å². The Kier molecular flexibility index (Phi) is 5.44. The smallest absolute Gasteiger partial charge is 0.123 e. The standard InChI is InChI=1S/C17H27NO2/c1-12-8-9-14(10-13(12)2)20-11-16(18)15-6-4-5-7-17(15)19-3/h4-7,12-14,16H,8-11,18H2,1-3H3. The maximum absolute atomic E-state index is 6.25. The minimum Gasteiger partial charge on any atom is -0.496 e. The molecule has 4 atom stereocenters. The molecule has 1 aromatic rings. The van der Waals surface area contributed by atoms with Crippen LogP contribution in [0.4, 0.5) is 0 Å². The third kappa shape index (κ3) is 3.74. The lowest BCUT2D eigenvalue weighted by atomic mass is 9.80. The number of hydrogen-bond donors (Lipinski definition) is 1. The van der Waals surface area contributed by atoms with Crippen LogP contribution in [-0.2, 0) is 4.74 Å². The second-order valence-electron chi connectivity index (χ2n) is 6.07. The second kappa shape index (κ2) is 7.09. The zero-order chi connectivity index (χ0) is 14.5. The number of hydrogen-bond acceptors (Lipinski definition) is 3. The van der Waals surface area contributed by atoms with Gasteiger partial charge in [0.2, 0.25) is 0 Å². The lowest BCUT2D eigenvalue weighted by Crippen LogP contribution is -2.29. The van der Waals surface area contributed by atoms with Gasteiger partial charge in [0.25, 0.3) is 0 Å². The predicted molar refractivity (Wildman–Crippen MR) is 81.8 cm³/mol. The van der Waals surface area contributed by atoms with Gasteiger partial charge in [0, 0.05) is 5.56 Å². The van der Waals surface area contributed by atoms with Gasteiger partial charge in [0.05, 0.1) is 25.9 Å². The predicted octanol–water partition coefficient (Wildman–Crippen LogP) is 3.54. The molecule has 0 radical (unpaired) electrons. The highest BCUT2D eigenvalue weighted by Gasteiger charge is 2.25. The SMILES string of the molecule is COc1ccccc1C(N)COC1CCC(C)C(C)C1. The minimum atomic E-state index is -0.124. The molecule has 0 amide bonds. The van der Waals surface area contributed by atoms with Crippen molar-refractivity contribution < 1.29 is 9.47 Å². The third-order valence-electron chi connectivity index (χ3n) is 4.60. The molecule has 112 valence electrons. The molecule has 0 spiro atoms. The van der Waals surface area contributed by atoms with E-state index in [0.29, 0.717) is 12.7 Å². The Bertz CT molecular complexity index is 421. The monoisotopic (exact) mass is 277 g/mol. The van der Waals surface area contributed by atoms with Crippen molar-refractivity contribution in [1.29, 1.82) is 0 Å². The Labute approximate surface area is 122 Å². The molecule has 3 nitrogen and oxygen atoms in total. The lowest BCUT2D eigenvalue weighted by Gasteiger charge is -2.32. The van der Waals surface area contributed by atoms with Crippen LogP contribution >= 0.6 is 0 Å². The van der Waals surface area contributed by atoms with Gasteiger partial charge in [-0.25, -0.2) is 0 Å². The third-order valence-corrected chi connectivity index (χ3v) is 4.60. The average molecular weight is 277 g/mol. The maximum Gasteiger partial charge on any atom is 0.123 e. The molecule has 2 rings (SSSR count). The van der Waals surface area contributed by atoms with Crippen LogP contribution in [0, 0.1) is 11.8 Å². The summed E-state index contributed by atoms with van der Waals surface area (Å²) in [6.07, 6.45) is 3.93. The van der Waals surface area contributed by atoms with Gasteiger partial charge in [-0.2, -0.15) is 0 Å². The van der Waals surface area contributed by atoms with Gasteiger partial charge in [-0.15, -0.1) is 0 Å². The molecule has 0 heterocycles. The topological polar surface area (TPSA) is 44.5 Å². The summed E-state index contributed by atoms with van der Waals surface area (Å²) in [6.45, 7) is 5.22. The molecule has 0 aromatic heterocycles. The molecule has 4 unspecified atom stereocenters. The van der Waals surface area contributed by atoms with E-state index < -0.39 is 0 Å². The fourth-order valence-corrected chi connectivity index (χ4v) is 2.95. The first-order valence-corrected chi connectivity index (χ1v) is 7.62. The van der Waals surface area contributed by atoms with Gasteiger partial charge in [-0.05, 0) is 37.2 Å². The van der Waals surface area contributed by atoms with Crippen LogP contribution in [0.25, 0.3) is 0 Å². The van der Waals surface area contributed by atoms with Crippen molar-refractivity contribution in [3.8, 4) is 5.75 Å². The molecule has 1 aliphatic rings. The fraction of sp³-hybridized carbons (Fsp3) is 0.647. The molecule has 0 bridgehead atoms. The molecule has 1 saturated carbocycles. The Morgan fingerprint density at radius 3 is 2.65 bits per heavy atom. The van der Waals surface area contributed by atoms with E-state index >= 15 is 0 Å². The highest BCUT2D eigenvalue weighted by atomic mass is 16.5. The average Bonchev–Trinajstić information content (AvgIpc) is 2.48. The van der Waals surface area contributed by atoms with E-state index in [-0.39, 0.29) is 6.04 Å². The lowest BCUT2D eigenvalue weighted by molar-refractivity contribution is -0.00381. The highest BCUT2D eigenvalue weighted by Crippen LogP contribution is 2.31. The Morgan fingerprint density at radius 2 is 1.95 bits per heavy atom. The summed E-state index contributed by atoms with van der Waals surface area (Å²) in [6, 6.07) is 7.78. The summed E-state index contributed by atoms with van der Waals surface area (Å²) >= 11 is 0. The van der Waals surface area contributed by atoms with E-state index in [1.165, 1.54) is 6.42 Å². The normalized spacial score (nSPS) is 28.1. The van der Waals surface area contributed by atoms with Crippen molar-refractivity contribution in [3.63, 3.8) is 0 Å². The Balaban J connectivity index is 1.87. The summed E-state index contributed by atoms with van der Waals surface area (Å²) in [5.41, 5.74) is 7.27. The van der Waals surface area contributed by atoms with E-state index in [0.717, 1.165) is 36.0 Å². The van der Waals surface area contributed by atoms with E-state index in [1.807, 2.05) is 24.3 Å². The quantitative estimate of drug-likeness (QED) is 0.895. The van der Waals surface area contributed by atoms with Gasteiger partial charge >= 0.3 is 0 Å². The largest absolute Gasteiger partial charge is 0.496 e. The number of benzene rings is 1. The molecule has 1 aliphatic carbocycles. The number of rotatable bonds is 5. The summed E-state index contributed by atoms with van der Waals surface area (Å²) in [5, 5.41) is 0. The molecular formula is C17H27NO2. The van der Waals surface area contributed by atoms with Crippen molar-refractivity contribution in [3.05, 3.63) is 29.8 Å². The van der Waals surface area contributed by atoms with Gasteiger partial charge in [0.15, 0.2) is 0 Å². The van der Waals surface area contributed by atoms with Crippen LogP contribution < -0.4 is 10.5 Å². The molecule has 0 aliphatic heterocycles. The first-order chi connectivity index (χ1) is 9.61. The zero-order valence-electron chi connectivity index (χ0n) is 12.8. The Hall–Kier alpha value is -1.06. The van der Waals surface area contributed by atoms with Gasteiger partial charge in [-0.1, -0.05) is 32.0 Å². The molecule has 2 N–H and O–H groups in total. The van der Waals surface area contributed by atoms with Gasteiger partial charge in [0.1, 0.15) is 5.75 Å². The van der Waals surface area contributed by atoms with Gasteiger partial charge in [-0.3, -0.25) is 0 Å². The number of ether oxygens (including phenoxy) is 2. The molecular weight excluding hydrogens is 250 g/mol. The van der Waals surface area contributed by atoms with Crippen LogP contribution in [0.5, 0.6) is 5.75 Å². The first-order valence-electron chi connectivity index (χ1n) is 7.62. The second-order valence-corrected chi connectivity index (χ2v) is 6.07. The fourth-order valence-electron chi connectivity index (χ4n) is 2.95. The van der Waals surface area contributed by atoms with Crippen LogP contribution in [0.1, 0.15) is 44.7 Å². The molecule has 3 heteroatoms. The van der Waals surface area contributed by atoms with Crippen molar-refractivity contribution >= 4 is 0 Å². The molecule has 1 aromatic carbocycles. The van der Waals surface area contributed by atoms with Crippen molar-refractivity contribution in [1.82, 2.24) is 0 Å². The number of para-hydroxylation sites is 1. The Morgan fingerprint density at radius 1 is 1.20 bits per heavy atom. The van der Waals surface area contributed by atoms with Crippen LogP contribution in [0.3, 0.4) is 0 Å². The van der Waals surface area contributed by atoms with Crippen LogP contribution in [0.15, 0.2) is 24.3 Å². The van der Waals surface area contributed by atoms with Crippen molar-refractivity contribution in [2.45, 2.75) is 45.3 Å². The van der Waals surface area contributed by atoms with E-state index in [9.17, 15) is 0 Å². The van der Waals surface area contributed by atoms with E-state index in [4.69, 9.17) is 15.2 Å². The summed E-state index contributed by atoms with van der Waals surface area (Å²) < 4.78 is 11.4. The molecule has 0 saturated heterocycles. The molecule has 1 fully saturated rings. The van der Waals surface area contributed by atoms with E-state index in [1.54, 1.807) is 7.11 Å². The first kappa shape index (κ1) is 15.3.